The molecule has 0 aromatic heterocycles. The van der Waals surface area contributed by atoms with Crippen molar-refractivity contribution in [1.29, 1.82) is 0 Å². The fraction of sp³-hybridized carbons (Fsp3) is 0.562. The predicted octanol–water partition coefficient (Wildman–Crippen LogP) is 2.44. The molecule has 0 bridgehead atoms. The highest BCUT2D eigenvalue weighted by atomic mass is 32.2. The Morgan fingerprint density at radius 2 is 1.70 bits per heavy atom. The van der Waals surface area contributed by atoms with Gasteiger partial charge in [0, 0.05) is 18.8 Å². The first-order valence-electron chi connectivity index (χ1n) is 7.67. The van der Waals surface area contributed by atoms with Crippen LogP contribution >= 0.6 is 0 Å². The quantitative estimate of drug-likeness (QED) is 0.835. The van der Waals surface area contributed by atoms with E-state index in [1.165, 1.54) is 12.1 Å². The van der Waals surface area contributed by atoms with Gasteiger partial charge in [0.15, 0.2) is 9.84 Å². The topological polar surface area (TPSA) is 89.7 Å². The van der Waals surface area contributed by atoms with Crippen molar-refractivity contribution in [3.05, 3.63) is 24.3 Å². The van der Waals surface area contributed by atoms with Crippen LogP contribution in [0.3, 0.4) is 0 Å². The number of rotatable bonds is 2. The van der Waals surface area contributed by atoms with Gasteiger partial charge in [-0.15, -0.1) is 0 Å². The third kappa shape index (κ3) is 4.37. The summed E-state index contributed by atoms with van der Waals surface area (Å²) in [5.74, 6) is 0. The second kappa shape index (κ2) is 6.39. The van der Waals surface area contributed by atoms with Gasteiger partial charge in [0.2, 0.25) is 0 Å². The van der Waals surface area contributed by atoms with E-state index < -0.39 is 20.7 Å². The van der Waals surface area contributed by atoms with Gasteiger partial charge in [-0.2, -0.15) is 0 Å². The van der Waals surface area contributed by atoms with E-state index in [-0.39, 0.29) is 11.0 Å². The minimum absolute atomic E-state index is 0.280. The van der Waals surface area contributed by atoms with Crippen molar-refractivity contribution < 1.29 is 17.9 Å². The van der Waals surface area contributed by atoms with Crippen LogP contribution in [0.15, 0.2) is 29.2 Å². The molecular weight excluding hydrogens is 316 g/mol. The van der Waals surface area contributed by atoms with Gasteiger partial charge in [-0.25, -0.2) is 13.2 Å². The zero-order valence-electron chi connectivity index (χ0n) is 13.8. The van der Waals surface area contributed by atoms with Gasteiger partial charge in [0.1, 0.15) is 5.60 Å². The van der Waals surface area contributed by atoms with Crippen molar-refractivity contribution in [2.45, 2.75) is 49.4 Å². The number of ether oxygens (including phenoxy) is 1. The van der Waals surface area contributed by atoms with Crippen LogP contribution in [0.5, 0.6) is 0 Å². The SMILES string of the molecule is CC(C)(C)OC(=O)N1CCC(S(=O)(=O)c2ccc(N)cc2)CC1. The average Bonchev–Trinajstić information content (AvgIpc) is 2.46. The first-order valence-corrected chi connectivity index (χ1v) is 9.21. The number of piperidine rings is 1. The van der Waals surface area contributed by atoms with Crippen molar-refractivity contribution in [2.24, 2.45) is 0 Å². The number of nitrogens with zero attached hydrogens (tertiary/aromatic N) is 1. The maximum Gasteiger partial charge on any atom is 0.410 e. The molecule has 128 valence electrons. The third-order valence-corrected chi connectivity index (χ3v) is 6.02. The van der Waals surface area contributed by atoms with Crippen molar-refractivity contribution in [3.63, 3.8) is 0 Å². The lowest BCUT2D eigenvalue weighted by molar-refractivity contribution is 0.0217. The Balaban J connectivity index is 2.01. The molecule has 1 aromatic rings. The monoisotopic (exact) mass is 340 g/mol. The second-order valence-corrected chi connectivity index (χ2v) is 9.01. The number of likely N-dealkylation sites (tertiary alicyclic amines) is 1. The predicted molar refractivity (Wildman–Crippen MR) is 88.9 cm³/mol. The average molecular weight is 340 g/mol. The van der Waals surface area contributed by atoms with Crippen LogP contribution in [0.25, 0.3) is 0 Å². The third-order valence-electron chi connectivity index (χ3n) is 3.74. The number of nitrogen functional groups attached to an aromatic ring is 1. The maximum absolute atomic E-state index is 12.6. The first kappa shape index (κ1) is 17.6. The van der Waals surface area contributed by atoms with Crippen LogP contribution in [0.1, 0.15) is 33.6 Å². The van der Waals surface area contributed by atoms with Gasteiger partial charge < -0.3 is 15.4 Å². The summed E-state index contributed by atoms with van der Waals surface area (Å²) in [7, 11) is -3.40. The summed E-state index contributed by atoms with van der Waals surface area (Å²) in [6.45, 7) is 6.19. The zero-order valence-corrected chi connectivity index (χ0v) is 14.6. The van der Waals surface area contributed by atoms with Crippen LogP contribution in [0.2, 0.25) is 0 Å². The van der Waals surface area contributed by atoms with Gasteiger partial charge in [0.25, 0.3) is 0 Å². The minimum atomic E-state index is -3.40. The highest BCUT2D eigenvalue weighted by molar-refractivity contribution is 7.92. The van der Waals surface area contributed by atoms with E-state index >= 15 is 0 Å². The Bertz CT molecular complexity index is 654. The highest BCUT2D eigenvalue weighted by Gasteiger charge is 2.34. The molecule has 0 spiro atoms. The Morgan fingerprint density at radius 3 is 2.17 bits per heavy atom. The second-order valence-electron chi connectivity index (χ2n) is 6.78. The fourth-order valence-electron chi connectivity index (χ4n) is 2.53. The maximum atomic E-state index is 12.6. The summed E-state index contributed by atoms with van der Waals surface area (Å²) in [5.41, 5.74) is 5.58. The molecule has 1 amide bonds. The van der Waals surface area contributed by atoms with Crippen LogP contribution < -0.4 is 5.73 Å². The number of carbonyl (C=O) groups is 1. The van der Waals surface area contributed by atoms with Crippen LogP contribution in [-0.2, 0) is 14.6 Å². The van der Waals surface area contributed by atoms with E-state index in [1.807, 2.05) is 20.8 Å². The van der Waals surface area contributed by atoms with Gasteiger partial charge >= 0.3 is 6.09 Å². The smallest absolute Gasteiger partial charge is 0.410 e. The Hall–Kier alpha value is -1.76. The summed E-state index contributed by atoms with van der Waals surface area (Å²) >= 11 is 0. The minimum Gasteiger partial charge on any atom is -0.444 e. The fourth-order valence-corrected chi connectivity index (χ4v) is 4.26. The summed E-state index contributed by atoms with van der Waals surface area (Å²) in [5, 5.41) is -0.482. The molecule has 0 radical (unpaired) electrons. The number of amides is 1. The standard InChI is InChI=1S/C16H24N2O4S/c1-16(2,3)22-15(19)18-10-8-14(9-11-18)23(20,21)13-6-4-12(17)5-7-13/h4-7,14H,8-11,17H2,1-3H3. The van der Waals surface area contributed by atoms with Crippen LogP contribution in [0, 0.1) is 0 Å². The molecule has 1 saturated heterocycles. The largest absolute Gasteiger partial charge is 0.444 e. The van der Waals surface area contributed by atoms with E-state index in [9.17, 15) is 13.2 Å². The van der Waals surface area contributed by atoms with Gasteiger partial charge in [0.05, 0.1) is 10.1 Å². The molecule has 2 N–H and O–H groups in total. The molecule has 6 nitrogen and oxygen atoms in total. The zero-order chi connectivity index (χ0) is 17.3. The molecule has 1 fully saturated rings. The number of anilines is 1. The Morgan fingerprint density at radius 1 is 1.17 bits per heavy atom. The Kier molecular flexibility index (Phi) is 4.89. The molecule has 0 saturated carbocycles. The lowest BCUT2D eigenvalue weighted by Crippen LogP contribution is -2.44. The van der Waals surface area contributed by atoms with Gasteiger partial charge in [-0.1, -0.05) is 0 Å². The van der Waals surface area contributed by atoms with Gasteiger partial charge in [-0.3, -0.25) is 0 Å². The molecule has 2 rings (SSSR count). The van der Waals surface area contributed by atoms with Crippen LogP contribution in [-0.4, -0.2) is 43.4 Å². The van der Waals surface area contributed by atoms with Crippen molar-refractivity contribution >= 4 is 21.6 Å². The Labute approximate surface area is 137 Å². The number of sulfone groups is 1. The van der Waals surface area contributed by atoms with E-state index in [0.717, 1.165) is 0 Å². The summed E-state index contributed by atoms with van der Waals surface area (Å²) in [6, 6.07) is 6.24. The molecule has 1 heterocycles. The summed E-state index contributed by atoms with van der Waals surface area (Å²) < 4.78 is 30.6. The molecule has 0 aliphatic carbocycles. The molecule has 7 heteroatoms. The van der Waals surface area contributed by atoms with Crippen molar-refractivity contribution in [2.75, 3.05) is 18.8 Å². The highest BCUT2D eigenvalue weighted by Crippen LogP contribution is 2.26. The normalized spacial score (nSPS) is 17.1. The lowest BCUT2D eigenvalue weighted by atomic mass is 10.1. The number of benzene rings is 1. The number of hydrogen-bond acceptors (Lipinski definition) is 5. The summed E-state index contributed by atoms with van der Waals surface area (Å²) in [6.07, 6.45) is 0.429. The van der Waals surface area contributed by atoms with Gasteiger partial charge in [-0.05, 0) is 57.9 Å². The number of carbonyl (C=O) groups excluding carboxylic acids is 1. The number of nitrogens with two attached hydrogens (primary N) is 1. The van der Waals surface area contributed by atoms with E-state index in [2.05, 4.69) is 0 Å². The molecule has 1 aliphatic rings. The molecule has 0 atom stereocenters. The molecule has 23 heavy (non-hydrogen) atoms. The molecule has 1 aliphatic heterocycles. The van der Waals surface area contributed by atoms with E-state index in [4.69, 9.17) is 10.5 Å². The first-order chi connectivity index (χ1) is 10.6. The number of hydrogen-bond donors (Lipinski definition) is 1. The molecule has 1 aromatic carbocycles. The van der Waals surface area contributed by atoms with E-state index in [0.29, 0.717) is 31.6 Å². The van der Waals surface area contributed by atoms with Crippen molar-refractivity contribution in [1.82, 2.24) is 4.90 Å². The lowest BCUT2D eigenvalue weighted by Gasteiger charge is -2.33. The van der Waals surface area contributed by atoms with E-state index in [1.54, 1.807) is 17.0 Å². The molecular formula is C16H24N2O4S. The summed E-state index contributed by atoms with van der Waals surface area (Å²) in [4.78, 5) is 13.9. The van der Waals surface area contributed by atoms with Crippen molar-refractivity contribution in [3.8, 4) is 0 Å². The van der Waals surface area contributed by atoms with Crippen LogP contribution in [0.4, 0.5) is 10.5 Å². The molecule has 0 unspecified atom stereocenters.